The van der Waals surface area contributed by atoms with E-state index in [0.29, 0.717) is 36.5 Å². The molecule has 0 aliphatic carbocycles. The van der Waals surface area contributed by atoms with Gasteiger partial charge in [-0.2, -0.15) is 0 Å². The highest BCUT2D eigenvalue weighted by molar-refractivity contribution is 7.88. The van der Waals surface area contributed by atoms with Crippen molar-refractivity contribution in [1.82, 2.24) is 9.62 Å². The molecule has 2 aromatic rings. The molecule has 3 rings (SSSR count). The predicted molar refractivity (Wildman–Crippen MR) is 112 cm³/mol. The van der Waals surface area contributed by atoms with Crippen molar-refractivity contribution >= 4 is 27.5 Å². The van der Waals surface area contributed by atoms with E-state index in [1.807, 2.05) is 30.3 Å². The van der Waals surface area contributed by atoms with E-state index in [-0.39, 0.29) is 24.1 Å². The Morgan fingerprint density at radius 2 is 1.79 bits per heavy atom. The normalized spacial score (nSPS) is 18.0. The number of hydrogen-bond acceptors (Lipinski definition) is 3. The van der Waals surface area contributed by atoms with Gasteiger partial charge >= 0.3 is 0 Å². The van der Waals surface area contributed by atoms with Crippen LogP contribution in [-0.4, -0.2) is 38.3 Å². The van der Waals surface area contributed by atoms with Gasteiger partial charge in [0.1, 0.15) is 0 Å². The molecule has 1 atom stereocenters. The van der Waals surface area contributed by atoms with Crippen LogP contribution in [-0.2, 0) is 27.0 Å². The van der Waals surface area contributed by atoms with Crippen LogP contribution in [0.5, 0.6) is 0 Å². The van der Waals surface area contributed by atoms with Crippen molar-refractivity contribution in [3.05, 3.63) is 70.7 Å². The van der Waals surface area contributed by atoms with Crippen LogP contribution < -0.4 is 5.32 Å². The lowest BCUT2D eigenvalue weighted by atomic mass is 9.99. The lowest BCUT2D eigenvalue weighted by Gasteiger charge is -2.31. The third kappa shape index (κ3) is 5.80. The third-order valence-electron chi connectivity index (χ3n) is 4.97. The molecule has 150 valence electrons. The largest absolute Gasteiger partial charge is 0.355 e. The summed E-state index contributed by atoms with van der Waals surface area (Å²) in [6.45, 7) is 1.26. The molecule has 28 heavy (non-hydrogen) atoms. The topological polar surface area (TPSA) is 66.5 Å². The first kappa shape index (κ1) is 20.8. The van der Waals surface area contributed by atoms with Crippen LogP contribution in [0, 0.1) is 5.92 Å². The minimum Gasteiger partial charge on any atom is -0.355 e. The molecule has 1 saturated heterocycles. The summed E-state index contributed by atoms with van der Waals surface area (Å²) in [7, 11) is -3.47. The molecule has 5 nitrogen and oxygen atoms in total. The fourth-order valence-electron chi connectivity index (χ4n) is 3.41. The quantitative estimate of drug-likeness (QED) is 0.747. The number of carbonyl (C=O) groups is 1. The highest BCUT2D eigenvalue weighted by Crippen LogP contribution is 2.22. The average Bonchev–Trinajstić information content (AvgIpc) is 2.70. The van der Waals surface area contributed by atoms with Crippen molar-refractivity contribution in [2.75, 3.05) is 19.6 Å². The molecule has 0 radical (unpaired) electrons. The van der Waals surface area contributed by atoms with Crippen LogP contribution in [0.2, 0.25) is 5.02 Å². The van der Waals surface area contributed by atoms with E-state index in [9.17, 15) is 13.2 Å². The van der Waals surface area contributed by atoms with Crippen molar-refractivity contribution in [2.24, 2.45) is 5.92 Å². The molecule has 1 N–H and O–H groups in total. The molecular weight excluding hydrogens is 396 g/mol. The van der Waals surface area contributed by atoms with Gasteiger partial charge in [0.15, 0.2) is 0 Å². The van der Waals surface area contributed by atoms with Crippen molar-refractivity contribution < 1.29 is 13.2 Å². The summed E-state index contributed by atoms with van der Waals surface area (Å²) in [6.07, 6.45) is 2.17. The Bertz CT molecular complexity index is 886. The number of benzene rings is 2. The Morgan fingerprint density at radius 3 is 2.50 bits per heavy atom. The monoisotopic (exact) mass is 420 g/mol. The number of amides is 1. The van der Waals surface area contributed by atoms with Crippen LogP contribution in [0.4, 0.5) is 0 Å². The number of sulfonamides is 1. The zero-order valence-electron chi connectivity index (χ0n) is 15.7. The molecule has 1 amide bonds. The van der Waals surface area contributed by atoms with E-state index in [4.69, 9.17) is 11.6 Å². The fraction of sp³-hybridized carbons (Fsp3) is 0.381. The fourth-order valence-corrected chi connectivity index (χ4v) is 5.15. The van der Waals surface area contributed by atoms with Gasteiger partial charge in [0.25, 0.3) is 0 Å². The number of carbonyl (C=O) groups excluding carboxylic acids is 1. The van der Waals surface area contributed by atoms with E-state index in [1.54, 1.807) is 24.3 Å². The maximum absolute atomic E-state index is 12.8. The van der Waals surface area contributed by atoms with E-state index < -0.39 is 10.0 Å². The molecule has 1 aliphatic heterocycles. The minimum absolute atomic E-state index is 0.0673. The molecule has 0 spiro atoms. The van der Waals surface area contributed by atoms with Crippen LogP contribution in [0.1, 0.15) is 24.0 Å². The van der Waals surface area contributed by atoms with Gasteiger partial charge in [0.05, 0.1) is 11.7 Å². The second-order valence-corrected chi connectivity index (χ2v) is 9.51. The van der Waals surface area contributed by atoms with Crippen LogP contribution in [0.15, 0.2) is 54.6 Å². The van der Waals surface area contributed by atoms with Gasteiger partial charge in [-0.25, -0.2) is 12.7 Å². The summed E-state index contributed by atoms with van der Waals surface area (Å²) in [4.78, 5) is 12.5. The molecule has 1 heterocycles. The van der Waals surface area contributed by atoms with Crippen molar-refractivity contribution in [2.45, 2.75) is 25.0 Å². The van der Waals surface area contributed by atoms with E-state index >= 15 is 0 Å². The van der Waals surface area contributed by atoms with Crippen molar-refractivity contribution in [1.29, 1.82) is 0 Å². The van der Waals surface area contributed by atoms with Gasteiger partial charge in [0, 0.05) is 24.7 Å². The van der Waals surface area contributed by atoms with Gasteiger partial charge in [-0.1, -0.05) is 54.1 Å². The Morgan fingerprint density at radius 1 is 1.07 bits per heavy atom. The summed E-state index contributed by atoms with van der Waals surface area (Å²) in [6, 6.07) is 16.8. The van der Waals surface area contributed by atoms with Gasteiger partial charge < -0.3 is 5.32 Å². The van der Waals surface area contributed by atoms with Crippen molar-refractivity contribution in [3.8, 4) is 0 Å². The average molecular weight is 421 g/mol. The lowest BCUT2D eigenvalue weighted by Crippen LogP contribution is -2.46. The number of nitrogens with zero attached hydrogens (tertiary/aromatic N) is 1. The van der Waals surface area contributed by atoms with Crippen LogP contribution >= 0.6 is 11.6 Å². The summed E-state index contributed by atoms with van der Waals surface area (Å²) in [5.41, 5.74) is 1.86. The smallest absolute Gasteiger partial charge is 0.224 e. The second kappa shape index (κ2) is 9.54. The van der Waals surface area contributed by atoms with Gasteiger partial charge in [-0.15, -0.1) is 0 Å². The molecular formula is C21H25ClN2O3S. The highest BCUT2D eigenvalue weighted by Gasteiger charge is 2.32. The SMILES string of the molecule is O=C(NCCc1ccccc1)[C@@H]1CCCN(S(=O)(=O)Cc2ccc(Cl)cc2)C1. The number of rotatable bonds is 7. The maximum atomic E-state index is 12.8. The van der Waals surface area contributed by atoms with E-state index in [2.05, 4.69) is 5.32 Å². The van der Waals surface area contributed by atoms with E-state index in [1.165, 1.54) is 9.87 Å². The molecule has 0 bridgehead atoms. The Kier molecular flexibility index (Phi) is 7.10. The highest BCUT2D eigenvalue weighted by atomic mass is 35.5. The molecule has 2 aromatic carbocycles. The summed E-state index contributed by atoms with van der Waals surface area (Å²) in [5.74, 6) is -0.446. The number of hydrogen-bond donors (Lipinski definition) is 1. The Hall–Kier alpha value is -1.89. The Labute approximate surface area is 171 Å². The molecule has 1 aliphatic rings. The molecule has 0 aromatic heterocycles. The summed E-state index contributed by atoms with van der Waals surface area (Å²) >= 11 is 5.86. The standard InChI is InChI=1S/C21H25ClN2O3S/c22-20-10-8-18(9-11-20)16-28(26,27)24-14-4-7-19(15-24)21(25)23-13-12-17-5-2-1-3-6-17/h1-3,5-6,8-11,19H,4,7,12-16H2,(H,23,25)/t19-/m1/s1. The number of halogens is 1. The second-order valence-electron chi connectivity index (χ2n) is 7.11. The predicted octanol–water partition coefficient (Wildman–Crippen LogP) is 3.24. The zero-order chi connectivity index (χ0) is 20.0. The summed E-state index contributed by atoms with van der Waals surface area (Å²) < 4.78 is 27.0. The first-order chi connectivity index (χ1) is 13.4. The number of nitrogens with one attached hydrogen (secondary N) is 1. The summed E-state index contributed by atoms with van der Waals surface area (Å²) in [5, 5.41) is 3.53. The number of piperidine rings is 1. The first-order valence-corrected chi connectivity index (χ1v) is 11.5. The van der Waals surface area contributed by atoms with Crippen LogP contribution in [0.3, 0.4) is 0 Å². The molecule has 7 heteroatoms. The van der Waals surface area contributed by atoms with Crippen LogP contribution in [0.25, 0.3) is 0 Å². The lowest BCUT2D eigenvalue weighted by molar-refractivity contribution is -0.126. The van der Waals surface area contributed by atoms with Crippen molar-refractivity contribution in [3.63, 3.8) is 0 Å². The minimum atomic E-state index is -3.47. The zero-order valence-corrected chi connectivity index (χ0v) is 17.3. The van der Waals surface area contributed by atoms with Gasteiger partial charge in [-0.3, -0.25) is 4.79 Å². The molecule has 0 unspecified atom stereocenters. The molecule has 1 fully saturated rings. The third-order valence-corrected chi connectivity index (χ3v) is 7.03. The maximum Gasteiger partial charge on any atom is 0.224 e. The first-order valence-electron chi connectivity index (χ1n) is 9.48. The Balaban J connectivity index is 1.53. The van der Waals surface area contributed by atoms with Gasteiger partial charge in [-0.05, 0) is 42.5 Å². The molecule has 0 saturated carbocycles. The van der Waals surface area contributed by atoms with E-state index in [0.717, 1.165) is 6.42 Å². The van der Waals surface area contributed by atoms with Gasteiger partial charge in [0.2, 0.25) is 15.9 Å².